The van der Waals surface area contributed by atoms with Crippen molar-refractivity contribution in [2.75, 3.05) is 24.6 Å². The molecule has 2 rings (SSSR count). The minimum atomic E-state index is -3.58. The van der Waals surface area contributed by atoms with E-state index in [4.69, 9.17) is 28.3 Å². The van der Waals surface area contributed by atoms with E-state index < -0.39 is 21.6 Å². The third-order valence-corrected chi connectivity index (χ3v) is 5.96. The summed E-state index contributed by atoms with van der Waals surface area (Å²) in [4.78, 5) is 12.6. The van der Waals surface area contributed by atoms with Gasteiger partial charge in [-0.25, -0.2) is 8.42 Å². The van der Waals surface area contributed by atoms with E-state index in [0.29, 0.717) is 16.6 Å². The summed E-state index contributed by atoms with van der Waals surface area (Å²) in [7, 11) is -3.58. The van der Waals surface area contributed by atoms with Crippen molar-refractivity contribution in [3.63, 3.8) is 0 Å². The number of hydrogen-bond donors (Lipinski definition) is 1. The first kappa shape index (κ1) is 17.5. The Bertz CT molecular complexity index is 663. The summed E-state index contributed by atoms with van der Waals surface area (Å²) < 4.78 is 23.4. The standard InChI is InChI=1S/C14H17Cl2NO4S/c15-11-4-3-10(8-12(11)16)13-2-1-5-17(13)6-7-22(20,21)9-14(18)19/h3-4,8,13H,1-2,5-7,9H2,(H,18,19). The molecule has 0 saturated carbocycles. The van der Waals surface area contributed by atoms with Crippen LogP contribution in [0.25, 0.3) is 0 Å². The second-order valence-corrected chi connectivity index (χ2v) is 8.35. The van der Waals surface area contributed by atoms with E-state index in [9.17, 15) is 13.2 Å². The minimum absolute atomic E-state index is 0.0924. The monoisotopic (exact) mass is 365 g/mol. The molecule has 1 unspecified atom stereocenters. The van der Waals surface area contributed by atoms with Crippen molar-refractivity contribution in [1.29, 1.82) is 0 Å². The quantitative estimate of drug-likeness (QED) is 0.838. The lowest BCUT2D eigenvalue weighted by Crippen LogP contribution is -2.31. The highest BCUT2D eigenvalue weighted by molar-refractivity contribution is 7.92. The first-order chi connectivity index (χ1) is 10.3. The summed E-state index contributed by atoms with van der Waals surface area (Å²) in [5.41, 5.74) is 1.00. The van der Waals surface area contributed by atoms with Crippen LogP contribution < -0.4 is 0 Å². The molecule has 5 nitrogen and oxygen atoms in total. The van der Waals surface area contributed by atoms with E-state index in [1.54, 1.807) is 12.1 Å². The fourth-order valence-electron chi connectivity index (χ4n) is 2.71. The van der Waals surface area contributed by atoms with Gasteiger partial charge in [0, 0.05) is 12.6 Å². The molecule has 1 atom stereocenters. The molecule has 8 heteroatoms. The molecule has 0 bridgehead atoms. The Labute approximate surface area is 139 Å². The number of carbonyl (C=O) groups is 1. The van der Waals surface area contributed by atoms with Crippen LogP contribution in [0.3, 0.4) is 0 Å². The van der Waals surface area contributed by atoms with Crippen LogP contribution in [-0.2, 0) is 14.6 Å². The van der Waals surface area contributed by atoms with Crippen LogP contribution in [0.2, 0.25) is 10.0 Å². The molecule has 1 fully saturated rings. The lowest BCUT2D eigenvalue weighted by Gasteiger charge is -2.24. The Morgan fingerprint density at radius 1 is 1.32 bits per heavy atom. The van der Waals surface area contributed by atoms with Crippen molar-refractivity contribution >= 4 is 39.0 Å². The highest BCUT2D eigenvalue weighted by Crippen LogP contribution is 2.34. The van der Waals surface area contributed by atoms with E-state index >= 15 is 0 Å². The summed E-state index contributed by atoms with van der Waals surface area (Å²) in [6.45, 7) is 1.11. The van der Waals surface area contributed by atoms with Crippen LogP contribution in [0.4, 0.5) is 0 Å². The molecule has 1 heterocycles. The molecule has 1 saturated heterocycles. The van der Waals surface area contributed by atoms with Crippen molar-refractivity contribution in [1.82, 2.24) is 4.90 Å². The van der Waals surface area contributed by atoms with Crippen LogP contribution in [0.15, 0.2) is 18.2 Å². The largest absolute Gasteiger partial charge is 0.480 e. The molecular formula is C14H17Cl2NO4S. The van der Waals surface area contributed by atoms with Gasteiger partial charge in [0.25, 0.3) is 0 Å². The average Bonchev–Trinajstić information content (AvgIpc) is 2.87. The van der Waals surface area contributed by atoms with Gasteiger partial charge < -0.3 is 5.11 Å². The third kappa shape index (κ3) is 4.59. The second kappa shape index (κ2) is 7.17. The van der Waals surface area contributed by atoms with Crippen molar-refractivity contribution < 1.29 is 18.3 Å². The summed E-state index contributed by atoms with van der Waals surface area (Å²) in [6.07, 6.45) is 1.88. The van der Waals surface area contributed by atoms with Gasteiger partial charge in [0.05, 0.1) is 15.8 Å². The van der Waals surface area contributed by atoms with Crippen LogP contribution in [-0.4, -0.2) is 49.0 Å². The SMILES string of the molecule is O=C(O)CS(=O)(=O)CCN1CCCC1c1ccc(Cl)c(Cl)c1. The molecule has 122 valence electrons. The Morgan fingerprint density at radius 2 is 2.05 bits per heavy atom. The summed E-state index contributed by atoms with van der Waals surface area (Å²) in [5, 5.41) is 9.57. The predicted molar refractivity (Wildman–Crippen MR) is 86.3 cm³/mol. The number of halogens is 2. The zero-order chi connectivity index (χ0) is 16.3. The molecule has 0 aliphatic carbocycles. The van der Waals surface area contributed by atoms with Gasteiger partial charge in [-0.05, 0) is 37.1 Å². The minimum Gasteiger partial charge on any atom is -0.480 e. The Hall–Kier alpha value is -0.820. The van der Waals surface area contributed by atoms with E-state index in [0.717, 1.165) is 24.9 Å². The maximum absolute atomic E-state index is 11.7. The summed E-state index contributed by atoms with van der Waals surface area (Å²) in [6, 6.07) is 5.52. The van der Waals surface area contributed by atoms with E-state index in [1.165, 1.54) is 0 Å². The zero-order valence-corrected chi connectivity index (χ0v) is 14.2. The molecule has 0 aromatic heterocycles. The van der Waals surface area contributed by atoms with E-state index in [-0.39, 0.29) is 11.8 Å². The van der Waals surface area contributed by atoms with Gasteiger partial charge in [0.2, 0.25) is 0 Å². The third-order valence-electron chi connectivity index (χ3n) is 3.72. The molecule has 0 amide bonds. The van der Waals surface area contributed by atoms with Gasteiger partial charge >= 0.3 is 5.97 Å². The Kier molecular flexibility index (Phi) is 5.71. The highest BCUT2D eigenvalue weighted by Gasteiger charge is 2.28. The first-order valence-corrected chi connectivity index (χ1v) is 9.47. The maximum atomic E-state index is 11.7. The number of sulfone groups is 1. The van der Waals surface area contributed by atoms with Gasteiger partial charge in [0.1, 0.15) is 5.75 Å². The number of carboxylic acids is 1. The first-order valence-electron chi connectivity index (χ1n) is 6.90. The van der Waals surface area contributed by atoms with Gasteiger partial charge in [-0.2, -0.15) is 0 Å². The number of carboxylic acid groups (broad SMARTS) is 1. The number of hydrogen-bond acceptors (Lipinski definition) is 4. The summed E-state index contributed by atoms with van der Waals surface area (Å²) in [5.74, 6) is -2.29. The van der Waals surface area contributed by atoms with Crippen molar-refractivity contribution in [2.45, 2.75) is 18.9 Å². The van der Waals surface area contributed by atoms with Crippen LogP contribution in [0, 0.1) is 0 Å². The fourth-order valence-corrected chi connectivity index (χ4v) is 4.05. The Morgan fingerprint density at radius 3 is 2.68 bits per heavy atom. The normalized spacial score (nSPS) is 19.5. The van der Waals surface area contributed by atoms with Gasteiger partial charge in [0.15, 0.2) is 9.84 Å². The number of nitrogens with zero attached hydrogens (tertiary/aromatic N) is 1. The van der Waals surface area contributed by atoms with Crippen molar-refractivity contribution in [3.8, 4) is 0 Å². The number of benzene rings is 1. The van der Waals surface area contributed by atoms with Crippen molar-refractivity contribution in [2.24, 2.45) is 0 Å². The molecule has 1 N–H and O–H groups in total. The van der Waals surface area contributed by atoms with E-state index in [2.05, 4.69) is 4.90 Å². The average molecular weight is 366 g/mol. The van der Waals surface area contributed by atoms with Gasteiger partial charge in [-0.1, -0.05) is 29.3 Å². The lowest BCUT2D eigenvalue weighted by atomic mass is 10.0. The molecule has 1 aromatic rings. The second-order valence-electron chi connectivity index (χ2n) is 5.35. The smallest absolute Gasteiger partial charge is 0.318 e. The van der Waals surface area contributed by atoms with Gasteiger partial charge in [-0.3, -0.25) is 9.69 Å². The molecule has 1 aromatic carbocycles. The number of likely N-dealkylation sites (tertiary alicyclic amines) is 1. The van der Waals surface area contributed by atoms with Crippen LogP contribution in [0.1, 0.15) is 24.4 Å². The van der Waals surface area contributed by atoms with Crippen molar-refractivity contribution in [3.05, 3.63) is 33.8 Å². The molecule has 1 aliphatic rings. The van der Waals surface area contributed by atoms with Crippen LogP contribution >= 0.6 is 23.2 Å². The lowest BCUT2D eigenvalue weighted by molar-refractivity contribution is -0.134. The molecule has 0 radical (unpaired) electrons. The number of aliphatic carboxylic acids is 1. The summed E-state index contributed by atoms with van der Waals surface area (Å²) >= 11 is 11.9. The molecule has 1 aliphatic heterocycles. The number of rotatable bonds is 6. The zero-order valence-electron chi connectivity index (χ0n) is 11.8. The Balaban J connectivity index is 2.05. The molecular weight excluding hydrogens is 349 g/mol. The molecule has 22 heavy (non-hydrogen) atoms. The van der Waals surface area contributed by atoms with Gasteiger partial charge in [-0.15, -0.1) is 0 Å². The van der Waals surface area contributed by atoms with Crippen LogP contribution in [0.5, 0.6) is 0 Å². The topological polar surface area (TPSA) is 74.7 Å². The van der Waals surface area contributed by atoms with E-state index in [1.807, 2.05) is 6.07 Å². The maximum Gasteiger partial charge on any atom is 0.318 e. The highest BCUT2D eigenvalue weighted by atomic mass is 35.5. The molecule has 0 spiro atoms. The fraction of sp³-hybridized carbons (Fsp3) is 0.500. The predicted octanol–water partition coefficient (Wildman–Crippen LogP) is 2.63.